The molecule has 126 valence electrons. The predicted octanol–water partition coefficient (Wildman–Crippen LogP) is 3.74. The zero-order chi connectivity index (χ0) is 17.1. The van der Waals surface area contributed by atoms with Crippen LogP contribution in [0.5, 0.6) is 5.75 Å². The number of amides is 1. The topological polar surface area (TPSA) is 55.6 Å². The first-order valence-corrected chi connectivity index (χ1v) is 8.17. The third kappa shape index (κ3) is 3.79. The molecule has 0 saturated carbocycles. The van der Waals surface area contributed by atoms with Crippen LogP contribution in [-0.2, 0) is 0 Å². The van der Waals surface area contributed by atoms with Crippen molar-refractivity contribution in [1.29, 1.82) is 0 Å². The van der Waals surface area contributed by atoms with Crippen molar-refractivity contribution >= 4 is 23.2 Å². The molecule has 6 heteroatoms. The third-order valence-electron chi connectivity index (χ3n) is 4.07. The van der Waals surface area contributed by atoms with E-state index in [2.05, 4.69) is 0 Å². The minimum absolute atomic E-state index is 0.0100. The van der Waals surface area contributed by atoms with Gasteiger partial charge in [0.25, 0.3) is 5.91 Å². The average molecular weight is 349 g/mol. The van der Waals surface area contributed by atoms with Crippen molar-refractivity contribution in [2.75, 3.05) is 18.8 Å². The summed E-state index contributed by atoms with van der Waals surface area (Å²) < 4.78 is 18.7. The summed E-state index contributed by atoms with van der Waals surface area (Å²) in [5.74, 6) is 0.231. The van der Waals surface area contributed by atoms with Crippen LogP contribution in [0.2, 0.25) is 5.02 Å². The van der Waals surface area contributed by atoms with Gasteiger partial charge in [-0.3, -0.25) is 4.79 Å². The van der Waals surface area contributed by atoms with Crippen LogP contribution in [0.15, 0.2) is 42.5 Å². The number of hydrogen-bond donors (Lipinski definition) is 1. The van der Waals surface area contributed by atoms with Gasteiger partial charge in [0.1, 0.15) is 17.7 Å². The Balaban J connectivity index is 1.59. The highest BCUT2D eigenvalue weighted by Gasteiger charge is 2.26. The van der Waals surface area contributed by atoms with Gasteiger partial charge >= 0.3 is 0 Å². The number of nitrogen functional groups attached to an aromatic ring is 1. The van der Waals surface area contributed by atoms with Gasteiger partial charge in [-0.25, -0.2) is 4.39 Å². The predicted molar refractivity (Wildman–Crippen MR) is 91.8 cm³/mol. The maximum atomic E-state index is 12.9. The summed E-state index contributed by atoms with van der Waals surface area (Å²) >= 11 is 6.10. The highest BCUT2D eigenvalue weighted by molar-refractivity contribution is 6.34. The van der Waals surface area contributed by atoms with Crippen molar-refractivity contribution in [2.45, 2.75) is 18.9 Å². The Morgan fingerprint density at radius 3 is 2.50 bits per heavy atom. The van der Waals surface area contributed by atoms with Crippen LogP contribution in [0.1, 0.15) is 23.2 Å². The van der Waals surface area contributed by atoms with Crippen LogP contribution >= 0.6 is 11.6 Å². The molecule has 1 aliphatic rings. The molecule has 2 N–H and O–H groups in total. The molecule has 2 aromatic carbocycles. The Morgan fingerprint density at radius 1 is 1.17 bits per heavy atom. The Bertz CT molecular complexity index is 728. The number of hydrogen-bond acceptors (Lipinski definition) is 3. The van der Waals surface area contributed by atoms with E-state index >= 15 is 0 Å². The molecule has 0 radical (unpaired) electrons. The molecule has 0 unspecified atom stereocenters. The molecule has 0 bridgehead atoms. The van der Waals surface area contributed by atoms with Crippen LogP contribution in [0, 0.1) is 5.82 Å². The first-order valence-electron chi connectivity index (χ1n) is 7.79. The fourth-order valence-electron chi connectivity index (χ4n) is 2.76. The van der Waals surface area contributed by atoms with E-state index in [0.717, 1.165) is 0 Å². The Labute approximate surface area is 145 Å². The van der Waals surface area contributed by atoms with Gasteiger partial charge in [0.15, 0.2) is 0 Å². The number of likely N-dealkylation sites (tertiary alicyclic amines) is 1. The molecule has 0 spiro atoms. The maximum Gasteiger partial charge on any atom is 0.255 e. The molecule has 0 aliphatic carbocycles. The lowest BCUT2D eigenvalue weighted by atomic mass is 10.1. The molecule has 1 heterocycles. The molecule has 1 fully saturated rings. The molecule has 1 aliphatic heterocycles. The number of carbonyl (C=O) groups excluding carboxylic acids is 1. The van der Waals surface area contributed by atoms with Crippen molar-refractivity contribution in [1.82, 2.24) is 4.90 Å². The van der Waals surface area contributed by atoms with Crippen LogP contribution in [0.4, 0.5) is 10.1 Å². The quantitative estimate of drug-likeness (QED) is 0.859. The zero-order valence-electron chi connectivity index (χ0n) is 13.0. The Morgan fingerprint density at radius 2 is 1.83 bits per heavy atom. The lowest BCUT2D eigenvalue weighted by Crippen LogP contribution is -2.41. The number of nitrogens with two attached hydrogens (primary N) is 1. The monoisotopic (exact) mass is 348 g/mol. The normalized spacial score (nSPS) is 15.3. The van der Waals surface area contributed by atoms with E-state index in [1.54, 1.807) is 35.2 Å². The lowest BCUT2D eigenvalue weighted by molar-refractivity contribution is 0.0595. The number of anilines is 1. The van der Waals surface area contributed by atoms with E-state index < -0.39 is 0 Å². The van der Waals surface area contributed by atoms with Gasteiger partial charge in [0.05, 0.1) is 10.6 Å². The minimum Gasteiger partial charge on any atom is -0.490 e. The van der Waals surface area contributed by atoms with E-state index in [-0.39, 0.29) is 17.8 Å². The van der Waals surface area contributed by atoms with Gasteiger partial charge in [-0.15, -0.1) is 0 Å². The van der Waals surface area contributed by atoms with E-state index in [4.69, 9.17) is 22.1 Å². The van der Waals surface area contributed by atoms with Crippen molar-refractivity contribution < 1.29 is 13.9 Å². The second-order valence-corrected chi connectivity index (χ2v) is 6.21. The SMILES string of the molecule is Nc1ccc(Cl)c(C(=O)N2CCC(Oc3ccc(F)cc3)CC2)c1. The fraction of sp³-hybridized carbons (Fsp3) is 0.278. The van der Waals surface area contributed by atoms with Crippen LogP contribution in [-0.4, -0.2) is 30.0 Å². The summed E-state index contributed by atoms with van der Waals surface area (Å²) in [4.78, 5) is 14.3. The van der Waals surface area contributed by atoms with Gasteiger partial charge in [-0.1, -0.05) is 11.6 Å². The van der Waals surface area contributed by atoms with Crippen LogP contribution in [0.25, 0.3) is 0 Å². The van der Waals surface area contributed by atoms with Gasteiger partial charge in [-0.2, -0.15) is 0 Å². The third-order valence-corrected chi connectivity index (χ3v) is 4.40. The second kappa shape index (κ2) is 7.09. The number of ether oxygens (including phenoxy) is 1. The van der Waals surface area contributed by atoms with Gasteiger partial charge in [-0.05, 0) is 42.5 Å². The van der Waals surface area contributed by atoms with Crippen molar-refractivity contribution in [3.63, 3.8) is 0 Å². The molecule has 0 atom stereocenters. The fourth-order valence-corrected chi connectivity index (χ4v) is 2.96. The molecule has 0 aromatic heterocycles. The van der Waals surface area contributed by atoms with E-state index in [0.29, 0.717) is 48.0 Å². The number of halogens is 2. The number of nitrogens with zero attached hydrogens (tertiary/aromatic N) is 1. The molecule has 24 heavy (non-hydrogen) atoms. The number of benzene rings is 2. The van der Waals surface area contributed by atoms with Gasteiger partial charge in [0.2, 0.25) is 0 Å². The van der Waals surface area contributed by atoms with Crippen molar-refractivity contribution in [3.8, 4) is 5.75 Å². The molecule has 1 amide bonds. The summed E-state index contributed by atoms with van der Waals surface area (Å²) in [6, 6.07) is 10.9. The molecule has 2 aromatic rings. The van der Waals surface area contributed by atoms with Gasteiger partial charge in [0, 0.05) is 31.6 Å². The Hall–Kier alpha value is -2.27. The lowest BCUT2D eigenvalue weighted by Gasteiger charge is -2.32. The molecule has 3 rings (SSSR count). The molecular formula is C18H18ClFN2O2. The zero-order valence-corrected chi connectivity index (χ0v) is 13.8. The van der Waals surface area contributed by atoms with E-state index in [9.17, 15) is 9.18 Å². The molecular weight excluding hydrogens is 331 g/mol. The Kier molecular flexibility index (Phi) is 4.90. The summed E-state index contributed by atoms with van der Waals surface area (Å²) in [5, 5.41) is 0.402. The van der Waals surface area contributed by atoms with E-state index in [1.807, 2.05) is 0 Å². The summed E-state index contributed by atoms with van der Waals surface area (Å²) in [7, 11) is 0. The number of carbonyl (C=O) groups is 1. The van der Waals surface area contributed by atoms with Crippen LogP contribution < -0.4 is 10.5 Å². The summed E-state index contributed by atoms with van der Waals surface area (Å²) in [6.07, 6.45) is 1.43. The molecule has 1 saturated heterocycles. The number of piperidine rings is 1. The molecule has 4 nitrogen and oxygen atoms in total. The summed E-state index contributed by atoms with van der Waals surface area (Å²) in [6.45, 7) is 1.16. The first-order chi connectivity index (χ1) is 11.5. The van der Waals surface area contributed by atoms with Crippen LogP contribution in [0.3, 0.4) is 0 Å². The largest absolute Gasteiger partial charge is 0.490 e. The summed E-state index contributed by atoms with van der Waals surface area (Å²) in [5.41, 5.74) is 6.67. The van der Waals surface area contributed by atoms with Gasteiger partial charge < -0.3 is 15.4 Å². The average Bonchev–Trinajstić information content (AvgIpc) is 2.59. The highest BCUT2D eigenvalue weighted by Crippen LogP contribution is 2.24. The maximum absolute atomic E-state index is 12.9. The second-order valence-electron chi connectivity index (χ2n) is 5.80. The smallest absolute Gasteiger partial charge is 0.255 e. The standard InChI is InChI=1S/C18H18ClFN2O2/c19-17-6-3-13(21)11-16(17)18(23)22-9-7-15(8-10-22)24-14-4-1-12(20)2-5-14/h1-6,11,15H,7-10,21H2. The van der Waals surface area contributed by atoms with Crippen molar-refractivity contribution in [3.05, 3.63) is 58.9 Å². The highest BCUT2D eigenvalue weighted by atomic mass is 35.5. The number of rotatable bonds is 3. The van der Waals surface area contributed by atoms with Crippen molar-refractivity contribution in [2.24, 2.45) is 0 Å². The van der Waals surface area contributed by atoms with E-state index in [1.165, 1.54) is 12.1 Å². The minimum atomic E-state index is -0.290. The first kappa shape index (κ1) is 16.6.